The Morgan fingerprint density at radius 1 is 1.42 bits per heavy atom. The molecule has 1 heterocycles. The number of rotatable bonds is 5. The smallest absolute Gasteiger partial charge is 0.318 e. The summed E-state index contributed by atoms with van der Waals surface area (Å²) in [6, 6.07) is 0.341. The van der Waals surface area contributed by atoms with E-state index >= 15 is 0 Å². The molecule has 1 fully saturated rings. The molecule has 1 aliphatic carbocycles. The van der Waals surface area contributed by atoms with Crippen LogP contribution in [0.15, 0.2) is 6.20 Å². The van der Waals surface area contributed by atoms with E-state index in [4.69, 9.17) is 16.3 Å². The molecule has 19 heavy (non-hydrogen) atoms. The van der Waals surface area contributed by atoms with E-state index in [1.807, 2.05) is 11.8 Å². The third kappa shape index (κ3) is 3.66. The molecule has 0 spiro atoms. The van der Waals surface area contributed by atoms with Crippen LogP contribution in [0.4, 0.5) is 5.82 Å². The zero-order valence-electron chi connectivity index (χ0n) is 11.4. The van der Waals surface area contributed by atoms with Crippen molar-refractivity contribution in [2.75, 3.05) is 25.2 Å². The SMILES string of the molecule is COc1ncc(Cl)c(NCC2(SC)CCCCC2)n1. The molecule has 1 N–H and O–H groups in total. The van der Waals surface area contributed by atoms with Gasteiger partial charge in [0, 0.05) is 11.3 Å². The molecule has 6 heteroatoms. The molecule has 4 nitrogen and oxygen atoms in total. The maximum Gasteiger partial charge on any atom is 0.318 e. The minimum Gasteiger partial charge on any atom is -0.467 e. The summed E-state index contributed by atoms with van der Waals surface area (Å²) in [5, 5.41) is 3.90. The number of nitrogens with one attached hydrogen (secondary N) is 1. The third-order valence-corrected chi connectivity index (χ3v) is 5.38. The van der Waals surface area contributed by atoms with Crippen molar-refractivity contribution in [3.63, 3.8) is 0 Å². The van der Waals surface area contributed by atoms with E-state index < -0.39 is 0 Å². The van der Waals surface area contributed by atoms with E-state index in [2.05, 4.69) is 21.5 Å². The number of nitrogens with zero attached hydrogens (tertiary/aromatic N) is 2. The van der Waals surface area contributed by atoms with E-state index in [0.717, 1.165) is 6.54 Å². The second-order valence-electron chi connectivity index (χ2n) is 4.85. The van der Waals surface area contributed by atoms with E-state index in [9.17, 15) is 0 Å². The summed E-state index contributed by atoms with van der Waals surface area (Å²) in [6.07, 6.45) is 10.2. The average molecular weight is 302 g/mol. The lowest BCUT2D eigenvalue weighted by Crippen LogP contribution is -2.35. The van der Waals surface area contributed by atoms with Crippen molar-refractivity contribution in [3.8, 4) is 6.01 Å². The van der Waals surface area contributed by atoms with Crippen LogP contribution in [-0.2, 0) is 0 Å². The van der Waals surface area contributed by atoms with Crippen LogP contribution in [0.3, 0.4) is 0 Å². The molecule has 0 saturated heterocycles. The minimum absolute atomic E-state index is 0.305. The van der Waals surface area contributed by atoms with Crippen LogP contribution in [0, 0.1) is 0 Å². The molecule has 1 saturated carbocycles. The predicted octanol–water partition coefficient (Wildman–Crippen LogP) is 3.62. The first-order valence-corrected chi connectivity index (χ1v) is 8.15. The predicted molar refractivity (Wildman–Crippen MR) is 81.4 cm³/mol. The number of methoxy groups -OCH3 is 1. The summed E-state index contributed by atoms with van der Waals surface area (Å²) in [6.45, 7) is 0.883. The van der Waals surface area contributed by atoms with Crippen LogP contribution in [-0.4, -0.2) is 34.6 Å². The van der Waals surface area contributed by atoms with Gasteiger partial charge in [0.15, 0.2) is 5.82 Å². The van der Waals surface area contributed by atoms with Crippen molar-refractivity contribution in [2.24, 2.45) is 0 Å². The minimum atomic E-state index is 0.305. The Bertz CT molecular complexity index is 424. The number of ether oxygens (including phenoxy) is 1. The van der Waals surface area contributed by atoms with Crippen LogP contribution in [0.5, 0.6) is 6.01 Å². The van der Waals surface area contributed by atoms with E-state index in [0.29, 0.717) is 21.6 Å². The first kappa shape index (κ1) is 14.7. The molecule has 0 radical (unpaired) electrons. The summed E-state index contributed by atoms with van der Waals surface area (Å²) < 4.78 is 5.33. The number of anilines is 1. The first-order valence-electron chi connectivity index (χ1n) is 6.55. The maximum absolute atomic E-state index is 6.11. The van der Waals surface area contributed by atoms with E-state index in [-0.39, 0.29) is 0 Å². The number of halogens is 1. The van der Waals surface area contributed by atoms with Gasteiger partial charge >= 0.3 is 6.01 Å². The Labute approximate surface area is 123 Å². The van der Waals surface area contributed by atoms with Crippen LogP contribution in [0.2, 0.25) is 5.02 Å². The molecule has 0 atom stereocenters. The molecule has 0 aromatic carbocycles. The van der Waals surface area contributed by atoms with Crippen molar-refractivity contribution < 1.29 is 4.74 Å². The van der Waals surface area contributed by atoms with Crippen molar-refractivity contribution in [3.05, 3.63) is 11.2 Å². The Morgan fingerprint density at radius 3 is 2.79 bits per heavy atom. The lowest BCUT2D eigenvalue weighted by Gasteiger charge is -2.36. The normalized spacial score (nSPS) is 18.1. The van der Waals surface area contributed by atoms with Gasteiger partial charge in [0.25, 0.3) is 0 Å². The van der Waals surface area contributed by atoms with Crippen LogP contribution < -0.4 is 10.1 Å². The number of hydrogen-bond acceptors (Lipinski definition) is 5. The Kier molecular flexibility index (Phi) is 5.16. The van der Waals surface area contributed by atoms with Gasteiger partial charge in [0.1, 0.15) is 5.02 Å². The van der Waals surface area contributed by atoms with E-state index in [1.54, 1.807) is 13.3 Å². The summed E-state index contributed by atoms with van der Waals surface area (Å²) >= 11 is 8.06. The Balaban J connectivity index is 2.04. The second-order valence-corrected chi connectivity index (χ2v) is 6.54. The van der Waals surface area contributed by atoms with Crippen LogP contribution in [0.25, 0.3) is 0 Å². The highest BCUT2D eigenvalue weighted by atomic mass is 35.5. The Hall–Kier alpha value is -0.680. The van der Waals surface area contributed by atoms with Crippen molar-refractivity contribution in [2.45, 2.75) is 36.9 Å². The van der Waals surface area contributed by atoms with Gasteiger partial charge in [-0.25, -0.2) is 4.98 Å². The molecule has 0 amide bonds. The summed E-state index contributed by atoms with van der Waals surface area (Å²) in [5.41, 5.74) is 0. The highest BCUT2D eigenvalue weighted by Crippen LogP contribution is 2.38. The number of hydrogen-bond donors (Lipinski definition) is 1. The monoisotopic (exact) mass is 301 g/mol. The molecule has 0 unspecified atom stereocenters. The molecule has 0 bridgehead atoms. The van der Waals surface area contributed by atoms with Crippen molar-refractivity contribution in [1.29, 1.82) is 0 Å². The Morgan fingerprint density at radius 2 is 2.16 bits per heavy atom. The molecule has 2 rings (SSSR count). The van der Waals surface area contributed by atoms with E-state index in [1.165, 1.54) is 32.1 Å². The fourth-order valence-electron chi connectivity index (χ4n) is 2.47. The zero-order chi connectivity index (χ0) is 13.7. The fourth-order valence-corrected chi connectivity index (χ4v) is 3.54. The quantitative estimate of drug-likeness (QED) is 0.900. The van der Waals surface area contributed by atoms with Gasteiger partial charge in [0.2, 0.25) is 0 Å². The molecule has 106 valence electrons. The molecular weight excluding hydrogens is 282 g/mol. The van der Waals surface area contributed by atoms with Gasteiger partial charge in [-0.05, 0) is 19.1 Å². The summed E-state index contributed by atoms with van der Waals surface area (Å²) in [5.74, 6) is 0.660. The summed E-state index contributed by atoms with van der Waals surface area (Å²) in [7, 11) is 1.55. The van der Waals surface area contributed by atoms with Crippen LogP contribution >= 0.6 is 23.4 Å². The lowest BCUT2D eigenvalue weighted by molar-refractivity contribution is 0.380. The highest BCUT2D eigenvalue weighted by molar-refractivity contribution is 8.00. The van der Waals surface area contributed by atoms with Gasteiger partial charge in [-0.2, -0.15) is 16.7 Å². The number of aromatic nitrogens is 2. The van der Waals surface area contributed by atoms with Gasteiger partial charge in [-0.15, -0.1) is 0 Å². The summed E-state index contributed by atoms with van der Waals surface area (Å²) in [4.78, 5) is 8.23. The van der Waals surface area contributed by atoms with Crippen molar-refractivity contribution in [1.82, 2.24) is 9.97 Å². The van der Waals surface area contributed by atoms with Crippen molar-refractivity contribution >= 4 is 29.2 Å². The van der Waals surface area contributed by atoms with Crippen LogP contribution in [0.1, 0.15) is 32.1 Å². The number of thioether (sulfide) groups is 1. The fraction of sp³-hybridized carbons (Fsp3) is 0.692. The molecule has 1 aromatic rings. The second kappa shape index (κ2) is 6.66. The van der Waals surface area contributed by atoms with Gasteiger partial charge in [0.05, 0.1) is 13.3 Å². The largest absolute Gasteiger partial charge is 0.467 e. The molecule has 1 aliphatic rings. The molecular formula is C13H20ClN3OS. The molecule has 1 aromatic heterocycles. The van der Waals surface area contributed by atoms with Gasteiger partial charge in [-0.3, -0.25) is 0 Å². The highest BCUT2D eigenvalue weighted by Gasteiger charge is 2.31. The molecule has 0 aliphatic heterocycles. The zero-order valence-corrected chi connectivity index (χ0v) is 13.0. The van der Waals surface area contributed by atoms with Gasteiger partial charge in [-0.1, -0.05) is 30.9 Å². The maximum atomic E-state index is 6.11. The first-order chi connectivity index (χ1) is 9.19. The topological polar surface area (TPSA) is 47.0 Å². The third-order valence-electron chi connectivity index (χ3n) is 3.68. The lowest BCUT2D eigenvalue weighted by atomic mass is 9.88. The standard InChI is InChI=1S/C13H20ClN3OS/c1-18-12-15-8-10(14)11(17-12)16-9-13(19-2)6-4-3-5-7-13/h8H,3-7,9H2,1-2H3,(H,15,16,17). The van der Waals surface area contributed by atoms with Gasteiger partial charge < -0.3 is 10.1 Å². The average Bonchev–Trinajstić information content (AvgIpc) is 2.47.